The maximum atomic E-state index is 12.2. The Bertz CT molecular complexity index is 965. The van der Waals surface area contributed by atoms with Crippen LogP contribution in [0.4, 0.5) is 11.8 Å². The Labute approximate surface area is 183 Å². The molecule has 2 saturated carbocycles. The predicted molar refractivity (Wildman–Crippen MR) is 115 cm³/mol. The van der Waals surface area contributed by atoms with Crippen molar-refractivity contribution < 1.29 is 9.32 Å². The van der Waals surface area contributed by atoms with Crippen LogP contribution in [0.15, 0.2) is 23.5 Å². The van der Waals surface area contributed by atoms with E-state index in [1.165, 1.54) is 0 Å². The van der Waals surface area contributed by atoms with Crippen LogP contribution in [-0.2, 0) is 10.8 Å². The number of aliphatic hydroxyl groups is 1. The summed E-state index contributed by atoms with van der Waals surface area (Å²) in [4.78, 5) is 21.0. The molecule has 2 N–H and O–H groups in total. The number of halogens is 1. The van der Waals surface area contributed by atoms with E-state index >= 15 is 0 Å². The van der Waals surface area contributed by atoms with Gasteiger partial charge >= 0.3 is 0 Å². The van der Waals surface area contributed by atoms with Crippen molar-refractivity contribution in [3.63, 3.8) is 0 Å². The van der Waals surface area contributed by atoms with Crippen molar-refractivity contribution in [2.75, 3.05) is 29.6 Å². The third-order valence-electron chi connectivity index (χ3n) is 6.82. The smallest absolute Gasteiger partial charge is 0.227 e. The number of nitrogens with one attached hydrogen (secondary N) is 1. The number of rotatable bonds is 6. The second kappa shape index (κ2) is 7.69. The minimum Gasteiger partial charge on any atom is -0.394 e. The normalized spacial score (nSPS) is 27.7. The molecule has 0 aromatic carbocycles. The average Bonchev–Trinajstić information content (AvgIpc) is 3.32. The van der Waals surface area contributed by atoms with Crippen molar-refractivity contribution >= 4 is 34.2 Å². The lowest BCUT2D eigenvalue weighted by atomic mass is 9.77. The molecule has 30 heavy (non-hydrogen) atoms. The first-order valence-electron chi connectivity index (χ1n) is 10.3. The zero-order valence-corrected chi connectivity index (χ0v) is 18.4. The van der Waals surface area contributed by atoms with Gasteiger partial charge in [0.25, 0.3) is 0 Å². The summed E-state index contributed by atoms with van der Waals surface area (Å²) in [6, 6.07) is 0.334. The summed E-state index contributed by atoms with van der Waals surface area (Å²) in [5, 5.41) is 13.8. The number of piperidine rings is 1. The Morgan fingerprint density at radius 1 is 1.27 bits per heavy atom. The van der Waals surface area contributed by atoms with Gasteiger partial charge in [0, 0.05) is 37.2 Å². The maximum absolute atomic E-state index is 12.2. The number of hydrogen-bond acceptors (Lipinski definition) is 8. The van der Waals surface area contributed by atoms with Gasteiger partial charge in [-0.15, -0.1) is 0 Å². The lowest BCUT2D eigenvalue weighted by Crippen LogP contribution is -2.49. The molecule has 0 spiro atoms. The van der Waals surface area contributed by atoms with Crippen molar-refractivity contribution in [1.29, 1.82) is 0 Å². The van der Waals surface area contributed by atoms with Crippen molar-refractivity contribution in [3.8, 4) is 0 Å². The fourth-order valence-electron chi connectivity index (χ4n) is 5.01. The topological polar surface area (TPSA) is 104 Å². The standard InChI is InChI=1S/C20H25ClN6O2S/c1-30(29)16-9-24-19(25-18(16)26-20(11-28)3-2-4-20)27-10-12-5-14(27)6-15(12)17-22-7-13(21)8-23-17/h7-9,12,14-15,28H,2-6,10-11H2,1H3,(H,24,25,26). The molecule has 2 aromatic heterocycles. The van der Waals surface area contributed by atoms with E-state index < -0.39 is 10.8 Å². The van der Waals surface area contributed by atoms with E-state index in [9.17, 15) is 9.32 Å². The summed E-state index contributed by atoms with van der Waals surface area (Å²) in [6.45, 7) is 0.889. The second-order valence-corrected chi connectivity index (χ2v) is 10.4. The molecule has 2 aliphatic carbocycles. The van der Waals surface area contributed by atoms with E-state index in [0.717, 1.165) is 44.5 Å². The van der Waals surface area contributed by atoms with Gasteiger partial charge in [0.05, 0.1) is 39.1 Å². The Morgan fingerprint density at radius 2 is 2.03 bits per heavy atom. The SMILES string of the molecule is CS(=O)c1cnc(N2CC3CC2CC3c2ncc(Cl)cn2)nc1NC1(CO)CCC1. The molecule has 4 atom stereocenters. The van der Waals surface area contributed by atoms with Crippen LogP contribution in [0.25, 0.3) is 0 Å². The first kappa shape index (κ1) is 20.1. The molecule has 3 heterocycles. The van der Waals surface area contributed by atoms with Gasteiger partial charge in [0.15, 0.2) is 0 Å². The van der Waals surface area contributed by atoms with E-state index in [-0.39, 0.29) is 12.1 Å². The highest BCUT2D eigenvalue weighted by molar-refractivity contribution is 7.84. The molecule has 3 fully saturated rings. The van der Waals surface area contributed by atoms with Crippen LogP contribution < -0.4 is 10.2 Å². The van der Waals surface area contributed by atoms with Crippen LogP contribution in [0, 0.1) is 5.92 Å². The Morgan fingerprint density at radius 3 is 2.60 bits per heavy atom. The number of hydrogen-bond donors (Lipinski definition) is 2. The molecule has 4 unspecified atom stereocenters. The summed E-state index contributed by atoms with van der Waals surface area (Å²) >= 11 is 5.93. The number of nitrogens with zero attached hydrogens (tertiary/aromatic N) is 5. The quantitative estimate of drug-likeness (QED) is 0.694. The van der Waals surface area contributed by atoms with Crippen molar-refractivity contribution in [2.45, 2.75) is 54.5 Å². The van der Waals surface area contributed by atoms with Gasteiger partial charge in [-0.25, -0.2) is 15.0 Å². The van der Waals surface area contributed by atoms with Crippen molar-refractivity contribution in [2.24, 2.45) is 5.92 Å². The third-order valence-corrected chi connectivity index (χ3v) is 7.93. The number of aromatic nitrogens is 4. The molecule has 2 aromatic rings. The molecule has 2 bridgehead atoms. The van der Waals surface area contributed by atoms with E-state index in [1.54, 1.807) is 24.8 Å². The molecule has 1 saturated heterocycles. The van der Waals surface area contributed by atoms with E-state index in [0.29, 0.717) is 39.6 Å². The molecule has 160 valence electrons. The average molecular weight is 449 g/mol. The number of aliphatic hydroxyl groups excluding tert-OH is 1. The van der Waals surface area contributed by atoms with Gasteiger partial charge in [0.2, 0.25) is 5.95 Å². The van der Waals surface area contributed by atoms with Crippen LogP contribution in [0.2, 0.25) is 5.02 Å². The minimum absolute atomic E-state index is 0.0410. The van der Waals surface area contributed by atoms with Gasteiger partial charge in [-0.1, -0.05) is 11.6 Å². The highest BCUT2D eigenvalue weighted by atomic mass is 35.5. The van der Waals surface area contributed by atoms with Crippen LogP contribution in [0.3, 0.4) is 0 Å². The van der Waals surface area contributed by atoms with Gasteiger partial charge in [0.1, 0.15) is 11.6 Å². The molecule has 0 amide bonds. The van der Waals surface area contributed by atoms with Crippen LogP contribution in [-0.4, -0.2) is 60.2 Å². The molecule has 0 radical (unpaired) electrons. The molecule has 10 heteroatoms. The lowest BCUT2D eigenvalue weighted by Gasteiger charge is -2.41. The fraction of sp³-hybridized carbons (Fsp3) is 0.600. The van der Waals surface area contributed by atoms with Crippen molar-refractivity contribution in [3.05, 3.63) is 29.4 Å². The monoisotopic (exact) mass is 448 g/mol. The maximum Gasteiger partial charge on any atom is 0.227 e. The Hall–Kier alpha value is -1.84. The molecular formula is C20H25ClN6O2S. The third kappa shape index (κ3) is 3.46. The highest BCUT2D eigenvalue weighted by Crippen LogP contribution is 2.47. The Balaban J connectivity index is 1.37. The summed E-state index contributed by atoms with van der Waals surface area (Å²) in [6.07, 6.45) is 11.5. The van der Waals surface area contributed by atoms with Crippen molar-refractivity contribution in [1.82, 2.24) is 19.9 Å². The molecular weight excluding hydrogens is 424 g/mol. The summed E-state index contributed by atoms with van der Waals surface area (Å²) in [5.74, 6) is 2.88. The summed E-state index contributed by atoms with van der Waals surface area (Å²) < 4.78 is 12.2. The minimum atomic E-state index is -1.21. The van der Waals surface area contributed by atoms with Crippen LogP contribution in [0.5, 0.6) is 0 Å². The van der Waals surface area contributed by atoms with Gasteiger partial charge in [-0.3, -0.25) is 4.21 Å². The van der Waals surface area contributed by atoms with Crippen LogP contribution in [0.1, 0.15) is 43.8 Å². The fourth-order valence-corrected chi connectivity index (χ4v) is 5.67. The first-order chi connectivity index (χ1) is 14.5. The summed E-state index contributed by atoms with van der Waals surface area (Å²) in [5.41, 5.74) is -0.360. The molecule has 1 aliphatic heterocycles. The predicted octanol–water partition coefficient (Wildman–Crippen LogP) is 2.37. The largest absolute Gasteiger partial charge is 0.394 e. The van der Waals surface area contributed by atoms with E-state index in [1.807, 2.05) is 0 Å². The molecule has 8 nitrogen and oxygen atoms in total. The lowest BCUT2D eigenvalue weighted by molar-refractivity contribution is 0.143. The summed E-state index contributed by atoms with van der Waals surface area (Å²) in [7, 11) is -1.21. The van der Waals surface area contributed by atoms with Gasteiger partial charge in [-0.2, -0.15) is 4.98 Å². The zero-order valence-electron chi connectivity index (χ0n) is 16.8. The number of anilines is 2. The Kier molecular flexibility index (Phi) is 5.15. The van der Waals surface area contributed by atoms with Gasteiger partial charge < -0.3 is 15.3 Å². The molecule has 3 aliphatic rings. The zero-order chi connectivity index (χ0) is 20.9. The second-order valence-electron chi connectivity index (χ2n) is 8.66. The molecule has 5 rings (SSSR count). The van der Waals surface area contributed by atoms with Crippen LogP contribution >= 0.6 is 11.6 Å². The van der Waals surface area contributed by atoms with E-state index in [2.05, 4.69) is 25.2 Å². The van der Waals surface area contributed by atoms with E-state index in [4.69, 9.17) is 16.6 Å². The van der Waals surface area contributed by atoms with Gasteiger partial charge in [-0.05, 0) is 38.0 Å². The number of fused-ring (bicyclic) bond motifs is 2. The first-order valence-corrected chi connectivity index (χ1v) is 12.3. The highest BCUT2D eigenvalue weighted by Gasteiger charge is 2.47.